The quantitative estimate of drug-likeness (QED) is 0.675. The first-order chi connectivity index (χ1) is 6.33. The first-order valence-electron chi connectivity index (χ1n) is 5.58. The van der Waals surface area contributed by atoms with Gasteiger partial charge in [0.2, 0.25) is 0 Å². The van der Waals surface area contributed by atoms with E-state index in [1.165, 1.54) is 12.8 Å². The molecule has 1 saturated heterocycles. The van der Waals surface area contributed by atoms with Crippen molar-refractivity contribution in [1.82, 2.24) is 0 Å². The number of rotatable bonds is 3. The van der Waals surface area contributed by atoms with E-state index in [9.17, 15) is 0 Å². The molecule has 84 valence electrons. The molecule has 0 aromatic rings. The third kappa shape index (κ3) is 3.07. The van der Waals surface area contributed by atoms with Gasteiger partial charge in [-0.15, -0.1) is 0 Å². The molecule has 1 aliphatic heterocycles. The molecule has 1 aliphatic rings. The van der Waals surface area contributed by atoms with Gasteiger partial charge >= 0.3 is 0 Å². The Morgan fingerprint density at radius 1 is 1.36 bits per heavy atom. The lowest BCUT2D eigenvalue weighted by Gasteiger charge is -2.36. The van der Waals surface area contributed by atoms with Crippen LogP contribution in [0.25, 0.3) is 0 Å². The van der Waals surface area contributed by atoms with Crippen LogP contribution in [0.5, 0.6) is 0 Å². The summed E-state index contributed by atoms with van der Waals surface area (Å²) in [6, 6.07) is 0. The van der Waals surface area contributed by atoms with Crippen molar-refractivity contribution < 1.29 is 9.16 Å². The lowest BCUT2D eigenvalue weighted by Crippen LogP contribution is -2.42. The van der Waals surface area contributed by atoms with Gasteiger partial charge in [0.15, 0.2) is 8.32 Å². The second-order valence-corrected chi connectivity index (χ2v) is 10.5. The van der Waals surface area contributed by atoms with Crippen molar-refractivity contribution in [2.24, 2.45) is 0 Å². The van der Waals surface area contributed by atoms with Gasteiger partial charge in [-0.3, -0.25) is 0 Å². The van der Waals surface area contributed by atoms with Crippen molar-refractivity contribution in [1.29, 1.82) is 0 Å². The minimum atomic E-state index is -1.55. The fraction of sp³-hybridized carbons (Fsp3) is 1.00. The molecule has 0 bridgehead atoms. The summed E-state index contributed by atoms with van der Waals surface area (Å²) in [7, 11) is -1.55. The Morgan fingerprint density at radius 2 is 2.00 bits per heavy atom. The maximum atomic E-state index is 6.09. The van der Waals surface area contributed by atoms with Gasteiger partial charge in [-0.25, -0.2) is 0 Å². The molecule has 1 fully saturated rings. The Balaban J connectivity index is 2.35. The molecule has 0 unspecified atom stereocenters. The average Bonchev–Trinajstić information content (AvgIpc) is 2.50. The van der Waals surface area contributed by atoms with Gasteiger partial charge in [0.1, 0.15) is 0 Å². The highest BCUT2D eigenvalue weighted by molar-refractivity contribution is 6.74. The largest absolute Gasteiger partial charge is 0.414 e. The smallest absolute Gasteiger partial charge is 0.192 e. The molecule has 14 heavy (non-hydrogen) atoms. The van der Waals surface area contributed by atoms with Crippen LogP contribution >= 0.6 is 0 Å². The van der Waals surface area contributed by atoms with Crippen LogP contribution < -0.4 is 0 Å². The monoisotopic (exact) mass is 216 g/mol. The van der Waals surface area contributed by atoms with Crippen LogP contribution in [0.15, 0.2) is 0 Å². The fourth-order valence-corrected chi connectivity index (χ4v) is 2.33. The SMILES string of the molecule is CC(C)(C)[Si](C)(C)OC[C@@H]1CCCO1. The van der Waals surface area contributed by atoms with Crippen LogP contribution in [0, 0.1) is 0 Å². The van der Waals surface area contributed by atoms with E-state index in [-0.39, 0.29) is 0 Å². The standard InChI is InChI=1S/C11H24O2Si/c1-11(2,3)14(4,5)13-9-10-7-6-8-12-10/h10H,6-9H2,1-5H3/t10-/m0/s1. The summed E-state index contributed by atoms with van der Waals surface area (Å²) in [5, 5.41) is 0.311. The van der Waals surface area contributed by atoms with E-state index in [1.807, 2.05) is 0 Å². The van der Waals surface area contributed by atoms with E-state index in [0.29, 0.717) is 11.1 Å². The van der Waals surface area contributed by atoms with Gasteiger partial charge in [0.05, 0.1) is 12.7 Å². The summed E-state index contributed by atoms with van der Waals surface area (Å²) < 4.78 is 11.6. The highest BCUT2D eigenvalue weighted by Gasteiger charge is 2.37. The van der Waals surface area contributed by atoms with Gasteiger partial charge in [-0.1, -0.05) is 20.8 Å². The molecule has 0 aromatic heterocycles. The zero-order valence-electron chi connectivity index (χ0n) is 10.2. The van der Waals surface area contributed by atoms with Crippen LogP contribution in [0.4, 0.5) is 0 Å². The molecule has 0 radical (unpaired) electrons. The summed E-state index contributed by atoms with van der Waals surface area (Å²) in [5.41, 5.74) is 0. The van der Waals surface area contributed by atoms with E-state index in [0.717, 1.165) is 13.2 Å². The van der Waals surface area contributed by atoms with Crippen molar-refractivity contribution in [3.05, 3.63) is 0 Å². The lowest BCUT2D eigenvalue weighted by molar-refractivity contribution is 0.0630. The Bertz CT molecular complexity index is 178. The average molecular weight is 216 g/mol. The summed E-state index contributed by atoms with van der Waals surface area (Å²) >= 11 is 0. The first kappa shape index (κ1) is 12.2. The Labute approximate surface area is 89.1 Å². The molecule has 3 heteroatoms. The van der Waals surface area contributed by atoms with Crippen molar-refractivity contribution in [3.8, 4) is 0 Å². The van der Waals surface area contributed by atoms with E-state index in [1.54, 1.807) is 0 Å². The molecular weight excluding hydrogens is 192 g/mol. The second-order valence-electron chi connectivity index (χ2n) is 5.71. The van der Waals surface area contributed by atoms with Crippen molar-refractivity contribution >= 4 is 8.32 Å². The van der Waals surface area contributed by atoms with E-state index >= 15 is 0 Å². The second kappa shape index (κ2) is 4.33. The van der Waals surface area contributed by atoms with Crippen LogP contribution in [-0.4, -0.2) is 27.6 Å². The minimum Gasteiger partial charge on any atom is -0.414 e. The molecule has 0 aliphatic carbocycles. The summed E-state index contributed by atoms with van der Waals surface area (Å²) in [4.78, 5) is 0. The molecule has 0 amide bonds. The molecule has 2 nitrogen and oxygen atoms in total. The normalized spacial score (nSPS) is 24.2. The Kier molecular flexibility index (Phi) is 3.78. The van der Waals surface area contributed by atoms with Crippen LogP contribution in [0.3, 0.4) is 0 Å². The fourth-order valence-electron chi connectivity index (χ4n) is 1.29. The van der Waals surface area contributed by atoms with Gasteiger partial charge in [-0.2, -0.15) is 0 Å². The van der Waals surface area contributed by atoms with E-state index in [4.69, 9.17) is 9.16 Å². The zero-order valence-corrected chi connectivity index (χ0v) is 11.2. The topological polar surface area (TPSA) is 18.5 Å². The number of hydrogen-bond donors (Lipinski definition) is 0. The van der Waals surface area contributed by atoms with Crippen LogP contribution in [0.1, 0.15) is 33.6 Å². The molecular formula is C11H24O2Si. The number of ether oxygens (including phenoxy) is 1. The van der Waals surface area contributed by atoms with E-state index < -0.39 is 8.32 Å². The first-order valence-corrected chi connectivity index (χ1v) is 8.49. The Hall–Kier alpha value is 0.137. The molecule has 0 aromatic carbocycles. The maximum Gasteiger partial charge on any atom is 0.192 e. The van der Waals surface area contributed by atoms with Gasteiger partial charge in [-0.05, 0) is 31.0 Å². The summed E-state index contributed by atoms with van der Waals surface area (Å²) in [6.07, 6.45) is 2.74. The summed E-state index contributed by atoms with van der Waals surface area (Å²) in [5.74, 6) is 0. The number of hydrogen-bond acceptors (Lipinski definition) is 2. The summed E-state index contributed by atoms with van der Waals surface area (Å²) in [6.45, 7) is 13.1. The van der Waals surface area contributed by atoms with Crippen molar-refractivity contribution in [2.75, 3.05) is 13.2 Å². The Morgan fingerprint density at radius 3 is 2.43 bits per heavy atom. The molecule has 1 heterocycles. The predicted octanol–water partition coefficient (Wildman–Crippen LogP) is 3.19. The van der Waals surface area contributed by atoms with Gasteiger partial charge in [0, 0.05) is 6.61 Å². The van der Waals surface area contributed by atoms with Crippen molar-refractivity contribution in [2.45, 2.75) is 57.8 Å². The molecule has 0 saturated carbocycles. The minimum absolute atomic E-state index is 0.311. The third-order valence-electron chi connectivity index (χ3n) is 3.46. The van der Waals surface area contributed by atoms with Gasteiger partial charge < -0.3 is 9.16 Å². The van der Waals surface area contributed by atoms with Crippen LogP contribution in [0.2, 0.25) is 18.1 Å². The van der Waals surface area contributed by atoms with Gasteiger partial charge in [0.25, 0.3) is 0 Å². The maximum absolute atomic E-state index is 6.09. The highest BCUT2D eigenvalue weighted by Crippen LogP contribution is 2.36. The van der Waals surface area contributed by atoms with Crippen molar-refractivity contribution in [3.63, 3.8) is 0 Å². The molecule has 1 atom stereocenters. The van der Waals surface area contributed by atoms with Crippen LogP contribution in [-0.2, 0) is 9.16 Å². The third-order valence-corrected chi connectivity index (χ3v) is 7.96. The van der Waals surface area contributed by atoms with E-state index in [2.05, 4.69) is 33.9 Å². The highest BCUT2D eigenvalue weighted by atomic mass is 28.4. The molecule has 0 N–H and O–H groups in total. The predicted molar refractivity (Wildman–Crippen MR) is 62.1 cm³/mol. The molecule has 1 rings (SSSR count). The zero-order chi connectivity index (χ0) is 10.8. The molecule has 0 spiro atoms. The lowest BCUT2D eigenvalue weighted by atomic mass is 10.2.